The number of rotatable bonds is 5. The van der Waals surface area contributed by atoms with Gasteiger partial charge >= 0.3 is 0 Å². The quantitative estimate of drug-likeness (QED) is 0.872. The average molecular weight is 291 g/mol. The molecule has 1 fully saturated rings. The molecule has 6 nitrogen and oxygen atoms in total. The summed E-state index contributed by atoms with van der Waals surface area (Å²) in [6, 6.07) is 3.60. The molecule has 0 aliphatic carbocycles. The number of carbonyl (C=O) groups is 2. The molecule has 21 heavy (non-hydrogen) atoms. The molecular weight excluding hydrogens is 270 g/mol. The van der Waals surface area contributed by atoms with Gasteiger partial charge in [-0.25, -0.2) is 0 Å². The highest BCUT2D eigenvalue weighted by molar-refractivity contribution is 5.94. The van der Waals surface area contributed by atoms with Crippen molar-refractivity contribution in [2.45, 2.75) is 25.3 Å². The first kappa shape index (κ1) is 15.4. The van der Waals surface area contributed by atoms with Crippen molar-refractivity contribution in [1.82, 2.24) is 15.2 Å². The molecular formula is C15H21N3O3. The molecule has 114 valence electrons. The molecule has 0 saturated carbocycles. The first-order valence-electron chi connectivity index (χ1n) is 7.18. The van der Waals surface area contributed by atoms with Crippen molar-refractivity contribution >= 4 is 11.8 Å². The maximum atomic E-state index is 12.3. The third kappa shape index (κ3) is 4.53. The highest BCUT2D eigenvalue weighted by atomic mass is 16.5. The van der Waals surface area contributed by atoms with Gasteiger partial charge in [0.1, 0.15) is 0 Å². The number of hydrogen-bond acceptors (Lipinski definition) is 4. The van der Waals surface area contributed by atoms with Gasteiger partial charge in [0.2, 0.25) is 5.91 Å². The molecule has 2 rings (SSSR count). The summed E-state index contributed by atoms with van der Waals surface area (Å²) in [5.74, 6) is 0.0392. The summed E-state index contributed by atoms with van der Waals surface area (Å²) in [4.78, 5) is 29.6. The van der Waals surface area contributed by atoms with E-state index in [0.717, 1.165) is 12.8 Å². The van der Waals surface area contributed by atoms with Gasteiger partial charge in [0.15, 0.2) is 0 Å². The van der Waals surface area contributed by atoms with Crippen LogP contribution in [0.3, 0.4) is 0 Å². The smallest absolute Gasteiger partial charge is 0.253 e. The van der Waals surface area contributed by atoms with Crippen molar-refractivity contribution in [3.63, 3.8) is 0 Å². The van der Waals surface area contributed by atoms with Crippen molar-refractivity contribution in [2.75, 3.05) is 26.8 Å². The number of carbonyl (C=O) groups excluding carboxylic acids is 2. The van der Waals surface area contributed by atoms with Crippen LogP contribution in [0.15, 0.2) is 24.5 Å². The van der Waals surface area contributed by atoms with E-state index in [1.54, 1.807) is 31.6 Å². The number of likely N-dealkylation sites (tertiary alicyclic amines) is 1. The van der Waals surface area contributed by atoms with Crippen LogP contribution in [0, 0.1) is 0 Å². The Hall–Kier alpha value is -1.95. The molecule has 1 aliphatic rings. The van der Waals surface area contributed by atoms with Gasteiger partial charge in [-0.05, 0) is 25.0 Å². The lowest BCUT2D eigenvalue weighted by Gasteiger charge is -2.32. The molecule has 0 radical (unpaired) electrons. The summed E-state index contributed by atoms with van der Waals surface area (Å²) in [7, 11) is 1.58. The summed E-state index contributed by atoms with van der Waals surface area (Å²) in [6.45, 7) is 1.76. The number of hydrogen-bond donors (Lipinski definition) is 1. The molecule has 1 saturated heterocycles. The zero-order valence-electron chi connectivity index (χ0n) is 12.2. The first-order chi connectivity index (χ1) is 10.2. The summed E-state index contributed by atoms with van der Waals surface area (Å²) in [5.41, 5.74) is 0.660. The fourth-order valence-corrected chi connectivity index (χ4v) is 2.40. The summed E-state index contributed by atoms with van der Waals surface area (Å²) in [6.07, 6.45) is 5.20. The second kappa shape index (κ2) is 7.73. The molecule has 0 bridgehead atoms. The van der Waals surface area contributed by atoms with Crippen molar-refractivity contribution in [1.29, 1.82) is 0 Å². The molecule has 0 aromatic carbocycles. The van der Waals surface area contributed by atoms with Crippen LogP contribution in [0.4, 0.5) is 0 Å². The van der Waals surface area contributed by atoms with E-state index < -0.39 is 0 Å². The molecule has 0 unspecified atom stereocenters. The number of methoxy groups -OCH3 is 1. The third-order valence-electron chi connectivity index (χ3n) is 3.61. The van der Waals surface area contributed by atoms with E-state index in [0.29, 0.717) is 31.7 Å². The maximum absolute atomic E-state index is 12.3. The number of aromatic nitrogens is 1. The Morgan fingerprint density at radius 1 is 1.33 bits per heavy atom. The highest BCUT2D eigenvalue weighted by Gasteiger charge is 2.24. The number of pyridine rings is 1. The topological polar surface area (TPSA) is 71.5 Å². The normalized spacial score (nSPS) is 15.8. The van der Waals surface area contributed by atoms with E-state index in [1.807, 2.05) is 4.90 Å². The number of ether oxygens (including phenoxy) is 1. The van der Waals surface area contributed by atoms with E-state index in [4.69, 9.17) is 4.74 Å². The molecule has 0 spiro atoms. The second-order valence-corrected chi connectivity index (χ2v) is 5.11. The SMILES string of the molecule is COCCC(=O)NC1CCN(C(=O)c2ccncc2)CC1. The van der Waals surface area contributed by atoms with Crippen molar-refractivity contribution in [2.24, 2.45) is 0 Å². The van der Waals surface area contributed by atoms with Crippen LogP contribution in [0.25, 0.3) is 0 Å². The molecule has 1 aliphatic heterocycles. The van der Waals surface area contributed by atoms with E-state index in [1.165, 1.54) is 0 Å². The highest BCUT2D eigenvalue weighted by Crippen LogP contribution is 2.13. The predicted molar refractivity (Wildman–Crippen MR) is 77.8 cm³/mol. The number of piperidine rings is 1. The predicted octanol–water partition coefficient (Wildman–Crippen LogP) is 0.839. The minimum absolute atomic E-state index is 0.00996. The van der Waals surface area contributed by atoms with Crippen molar-refractivity contribution in [3.8, 4) is 0 Å². The van der Waals surface area contributed by atoms with Gasteiger partial charge in [-0.1, -0.05) is 0 Å². The second-order valence-electron chi connectivity index (χ2n) is 5.11. The molecule has 6 heteroatoms. The monoisotopic (exact) mass is 291 g/mol. The third-order valence-corrected chi connectivity index (χ3v) is 3.61. The summed E-state index contributed by atoms with van der Waals surface area (Å²) < 4.78 is 4.88. The molecule has 1 aromatic heterocycles. The van der Waals surface area contributed by atoms with Gasteiger partial charge in [-0.3, -0.25) is 14.6 Å². The Kier molecular flexibility index (Phi) is 5.68. The Morgan fingerprint density at radius 3 is 2.62 bits per heavy atom. The van der Waals surface area contributed by atoms with E-state index in [2.05, 4.69) is 10.3 Å². The lowest BCUT2D eigenvalue weighted by atomic mass is 10.0. The molecule has 2 heterocycles. The first-order valence-corrected chi connectivity index (χ1v) is 7.18. The standard InChI is InChI=1S/C15H21N3O3/c1-21-11-6-14(19)17-13-4-9-18(10-5-13)15(20)12-2-7-16-8-3-12/h2-3,7-8,13H,4-6,9-11H2,1H3,(H,17,19). The van der Waals surface area contributed by atoms with Gasteiger partial charge in [-0.15, -0.1) is 0 Å². The van der Waals surface area contributed by atoms with Gasteiger partial charge in [-0.2, -0.15) is 0 Å². The van der Waals surface area contributed by atoms with Crippen LogP contribution in [0.1, 0.15) is 29.6 Å². The molecule has 2 amide bonds. The van der Waals surface area contributed by atoms with Crippen LogP contribution < -0.4 is 5.32 Å². The minimum Gasteiger partial charge on any atom is -0.384 e. The van der Waals surface area contributed by atoms with Gasteiger partial charge < -0.3 is 15.0 Å². The average Bonchev–Trinajstić information content (AvgIpc) is 2.54. The molecule has 1 aromatic rings. The van der Waals surface area contributed by atoms with Crippen LogP contribution in [0.2, 0.25) is 0 Å². The zero-order chi connectivity index (χ0) is 15.1. The van der Waals surface area contributed by atoms with E-state index >= 15 is 0 Å². The van der Waals surface area contributed by atoms with Gasteiger partial charge in [0.25, 0.3) is 5.91 Å². The van der Waals surface area contributed by atoms with Crippen LogP contribution in [0.5, 0.6) is 0 Å². The van der Waals surface area contributed by atoms with Crippen LogP contribution in [-0.4, -0.2) is 54.5 Å². The van der Waals surface area contributed by atoms with Gasteiger partial charge in [0.05, 0.1) is 6.61 Å². The fraction of sp³-hybridized carbons (Fsp3) is 0.533. The fourth-order valence-electron chi connectivity index (χ4n) is 2.40. The largest absolute Gasteiger partial charge is 0.384 e. The maximum Gasteiger partial charge on any atom is 0.253 e. The Balaban J connectivity index is 1.78. The lowest BCUT2D eigenvalue weighted by molar-refractivity contribution is -0.122. The van der Waals surface area contributed by atoms with Crippen molar-refractivity contribution < 1.29 is 14.3 Å². The van der Waals surface area contributed by atoms with E-state index in [9.17, 15) is 9.59 Å². The summed E-state index contributed by atoms with van der Waals surface area (Å²) in [5, 5.41) is 2.99. The number of nitrogens with one attached hydrogen (secondary N) is 1. The number of nitrogens with zero attached hydrogens (tertiary/aromatic N) is 2. The zero-order valence-corrected chi connectivity index (χ0v) is 12.2. The van der Waals surface area contributed by atoms with Crippen LogP contribution in [-0.2, 0) is 9.53 Å². The van der Waals surface area contributed by atoms with Crippen molar-refractivity contribution in [3.05, 3.63) is 30.1 Å². The van der Waals surface area contributed by atoms with Gasteiger partial charge in [0, 0.05) is 50.6 Å². The molecule has 0 atom stereocenters. The Morgan fingerprint density at radius 2 is 2.00 bits per heavy atom. The lowest BCUT2D eigenvalue weighted by Crippen LogP contribution is -2.46. The minimum atomic E-state index is 0.00996. The Labute approximate surface area is 124 Å². The van der Waals surface area contributed by atoms with E-state index in [-0.39, 0.29) is 17.9 Å². The Bertz CT molecular complexity index is 470. The molecule has 1 N–H and O–H groups in total. The number of amides is 2. The summed E-state index contributed by atoms with van der Waals surface area (Å²) >= 11 is 0. The van der Waals surface area contributed by atoms with Crippen LogP contribution >= 0.6 is 0 Å².